The Morgan fingerprint density at radius 1 is 1.38 bits per heavy atom. The van der Waals surface area contributed by atoms with Gasteiger partial charge in [0.1, 0.15) is 0 Å². The molecule has 7 heteroatoms. The fourth-order valence-corrected chi connectivity index (χ4v) is 3.94. The first-order valence-corrected chi connectivity index (χ1v) is 9.13. The van der Waals surface area contributed by atoms with Gasteiger partial charge in [0.2, 0.25) is 0 Å². The highest BCUT2D eigenvalue weighted by Gasteiger charge is 2.48. The molecule has 0 bridgehead atoms. The molecule has 2 fully saturated rings. The van der Waals surface area contributed by atoms with Crippen LogP contribution >= 0.6 is 0 Å². The van der Waals surface area contributed by atoms with Gasteiger partial charge in [-0.1, -0.05) is 19.0 Å². The van der Waals surface area contributed by atoms with Crippen molar-refractivity contribution in [1.82, 2.24) is 15.0 Å². The predicted molar refractivity (Wildman–Crippen MR) is 93.9 cm³/mol. The number of nitrogens with zero attached hydrogens (tertiary/aromatic N) is 3. The molecule has 1 N–H and O–H groups in total. The van der Waals surface area contributed by atoms with Crippen molar-refractivity contribution < 1.29 is 19.2 Å². The van der Waals surface area contributed by atoms with Crippen molar-refractivity contribution in [2.24, 2.45) is 11.3 Å². The van der Waals surface area contributed by atoms with Crippen LogP contribution in [0, 0.1) is 18.3 Å². The van der Waals surface area contributed by atoms with Crippen LogP contribution in [0.2, 0.25) is 0 Å². The van der Waals surface area contributed by atoms with Crippen LogP contribution in [0.15, 0.2) is 10.6 Å². The van der Waals surface area contributed by atoms with Crippen molar-refractivity contribution in [1.29, 1.82) is 0 Å². The highest BCUT2D eigenvalue weighted by molar-refractivity contribution is 6.06. The second-order valence-electron chi connectivity index (χ2n) is 7.91. The van der Waals surface area contributed by atoms with Crippen molar-refractivity contribution in [3.63, 3.8) is 0 Å². The minimum absolute atomic E-state index is 0.0467. The zero-order valence-electron chi connectivity index (χ0n) is 15.3. The number of amides is 1. The summed E-state index contributed by atoms with van der Waals surface area (Å²) in [6.07, 6.45) is 2.61. The molecule has 1 unspecified atom stereocenters. The van der Waals surface area contributed by atoms with Gasteiger partial charge in [-0.2, -0.15) is 0 Å². The number of carbonyl (C=O) groups excluding carboxylic acids is 1. The molecule has 26 heavy (non-hydrogen) atoms. The van der Waals surface area contributed by atoms with Crippen LogP contribution in [0.5, 0.6) is 0 Å². The first-order chi connectivity index (χ1) is 12.3. The Morgan fingerprint density at radius 3 is 2.69 bits per heavy atom. The van der Waals surface area contributed by atoms with Gasteiger partial charge in [0.15, 0.2) is 0 Å². The second kappa shape index (κ2) is 5.79. The van der Waals surface area contributed by atoms with E-state index in [9.17, 15) is 14.7 Å². The number of hydrogen-bond donors (Lipinski definition) is 1. The number of aliphatic carboxylic acids is 1. The number of rotatable bonds is 4. The molecule has 0 aromatic carbocycles. The van der Waals surface area contributed by atoms with E-state index >= 15 is 0 Å². The number of likely N-dealkylation sites (tertiary alicyclic amines) is 1. The average Bonchev–Trinajstić information content (AvgIpc) is 3.24. The van der Waals surface area contributed by atoms with Gasteiger partial charge in [0.05, 0.1) is 22.1 Å². The summed E-state index contributed by atoms with van der Waals surface area (Å²) >= 11 is 0. The smallest absolute Gasteiger partial charge is 0.311 e. The maximum Gasteiger partial charge on any atom is 0.311 e. The zero-order valence-corrected chi connectivity index (χ0v) is 15.3. The van der Waals surface area contributed by atoms with Crippen molar-refractivity contribution in [3.05, 3.63) is 23.0 Å². The molecule has 7 nitrogen and oxygen atoms in total. The molecule has 1 amide bonds. The normalized spacial score (nSPS) is 23.2. The summed E-state index contributed by atoms with van der Waals surface area (Å²) in [6, 6.07) is 1.85. The summed E-state index contributed by atoms with van der Waals surface area (Å²) in [7, 11) is 0. The van der Waals surface area contributed by atoms with Crippen LogP contribution < -0.4 is 0 Å². The van der Waals surface area contributed by atoms with Gasteiger partial charge in [-0.05, 0) is 38.2 Å². The van der Waals surface area contributed by atoms with E-state index in [-0.39, 0.29) is 18.4 Å². The van der Waals surface area contributed by atoms with E-state index in [1.54, 1.807) is 11.8 Å². The second-order valence-corrected chi connectivity index (χ2v) is 7.91. The predicted octanol–water partition coefficient (Wildman–Crippen LogP) is 2.98. The van der Waals surface area contributed by atoms with Crippen LogP contribution in [0.25, 0.3) is 11.1 Å². The van der Waals surface area contributed by atoms with Crippen molar-refractivity contribution in [2.45, 2.75) is 46.0 Å². The standard InChI is InChI=1S/C19H23N3O4/c1-10(2)19(18(24)25)6-7-22(9-19)17(23)13-8-14(12-4-5-12)20-16-15(13)11(3)21-26-16/h8,10,12H,4-7,9H2,1-3H3,(H,24,25). The highest BCUT2D eigenvalue weighted by Crippen LogP contribution is 2.42. The Kier molecular flexibility index (Phi) is 3.78. The summed E-state index contributed by atoms with van der Waals surface area (Å²) in [5.74, 6) is -0.657. The number of fused-ring (bicyclic) bond motifs is 1. The number of hydrogen-bond acceptors (Lipinski definition) is 5. The number of carboxylic acid groups (broad SMARTS) is 1. The van der Waals surface area contributed by atoms with Crippen LogP contribution in [-0.2, 0) is 4.79 Å². The lowest BCUT2D eigenvalue weighted by atomic mass is 9.76. The summed E-state index contributed by atoms with van der Waals surface area (Å²) in [6.45, 7) is 6.27. The van der Waals surface area contributed by atoms with Gasteiger partial charge in [0.25, 0.3) is 11.6 Å². The summed E-state index contributed by atoms with van der Waals surface area (Å²) in [4.78, 5) is 31.3. The third-order valence-electron chi connectivity index (χ3n) is 5.98. The molecule has 4 rings (SSSR count). The minimum atomic E-state index is -0.884. The number of carboxylic acids is 1. The molecular formula is C19H23N3O4. The quantitative estimate of drug-likeness (QED) is 0.903. The molecule has 2 aliphatic rings. The van der Waals surface area contributed by atoms with E-state index in [4.69, 9.17) is 4.52 Å². The molecule has 2 aromatic heterocycles. The summed E-state index contributed by atoms with van der Waals surface area (Å²) < 4.78 is 5.31. The van der Waals surface area contributed by atoms with Crippen molar-refractivity contribution in [3.8, 4) is 0 Å². The van der Waals surface area contributed by atoms with Crippen LogP contribution in [-0.4, -0.2) is 45.1 Å². The molecule has 3 heterocycles. The topological polar surface area (TPSA) is 96.5 Å². The molecule has 1 saturated carbocycles. The lowest BCUT2D eigenvalue weighted by Crippen LogP contribution is -2.40. The van der Waals surface area contributed by atoms with E-state index in [2.05, 4.69) is 10.1 Å². The Morgan fingerprint density at radius 2 is 2.12 bits per heavy atom. The third kappa shape index (κ3) is 2.48. The highest BCUT2D eigenvalue weighted by atomic mass is 16.5. The van der Waals surface area contributed by atoms with E-state index in [0.29, 0.717) is 41.2 Å². The van der Waals surface area contributed by atoms with E-state index in [1.165, 1.54) is 0 Å². The van der Waals surface area contributed by atoms with Crippen molar-refractivity contribution >= 4 is 23.0 Å². The molecule has 0 spiro atoms. The van der Waals surface area contributed by atoms with E-state index < -0.39 is 11.4 Å². The molecule has 1 aliphatic carbocycles. The van der Waals surface area contributed by atoms with E-state index in [1.807, 2.05) is 19.9 Å². The SMILES string of the molecule is Cc1noc2nc(C3CC3)cc(C(=O)N3CCC(C(=O)O)(C(C)C)C3)c12. The fraction of sp³-hybridized carbons (Fsp3) is 0.579. The Labute approximate surface area is 151 Å². The largest absolute Gasteiger partial charge is 0.481 e. The number of pyridine rings is 1. The molecule has 138 valence electrons. The van der Waals surface area contributed by atoms with E-state index in [0.717, 1.165) is 18.5 Å². The van der Waals surface area contributed by atoms with Crippen LogP contribution in [0.1, 0.15) is 60.8 Å². The Bertz CT molecular complexity index is 900. The van der Waals surface area contributed by atoms with Gasteiger partial charge in [-0.25, -0.2) is 4.98 Å². The minimum Gasteiger partial charge on any atom is -0.481 e. The van der Waals surface area contributed by atoms with Crippen molar-refractivity contribution in [2.75, 3.05) is 13.1 Å². The first kappa shape index (κ1) is 17.0. The molecule has 0 radical (unpaired) electrons. The number of aromatic nitrogens is 2. The summed E-state index contributed by atoms with van der Waals surface area (Å²) in [5, 5.41) is 14.3. The molecule has 2 aromatic rings. The number of carbonyl (C=O) groups is 2. The number of aryl methyl sites for hydroxylation is 1. The Hall–Kier alpha value is -2.44. The molecule has 1 aliphatic heterocycles. The van der Waals surface area contributed by atoms with Gasteiger partial charge in [-0.3, -0.25) is 9.59 Å². The maximum absolute atomic E-state index is 13.3. The molecule has 1 atom stereocenters. The van der Waals surface area contributed by atoms with Gasteiger partial charge < -0.3 is 14.5 Å². The van der Waals surface area contributed by atoms with Gasteiger partial charge >= 0.3 is 5.97 Å². The van der Waals surface area contributed by atoms with Crippen LogP contribution in [0.3, 0.4) is 0 Å². The maximum atomic E-state index is 13.3. The third-order valence-corrected chi connectivity index (χ3v) is 5.98. The zero-order chi connectivity index (χ0) is 18.6. The first-order valence-electron chi connectivity index (χ1n) is 9.13. The van der Waals surface area contributed by atoms with Crippen LogP contribution in [0.4, 0.5) is 0 Å². The Balaban J connectivity index is 1.73. The van der Waals surface area contributed by atoms with Gasteiger partial charge in [-0.15, -0.1) is 0 Å². The lowest BCUT2D eigenvalue weighted by Gasteiger charge is -2.28. The van der Waals surface area contributed by atoms with Gasteiger partial charge in [0, 0.05) is 24.7 Å². The molecular weight excluding hydrogens is 334 g/mol. The average molecular weight is 357 g/mol. The fourth-order valence-electron chi connectivity index (χ4n) is 3.94. The lowest BCUT2D eigenvalue weighted by molar-refractivity contribution is -0.150. The molecule has 1 saturated heterocycles. The summed E-state index contributed by atoms with van der Waals surface area (Å²) in [5.41, 5.74) is 1.53. The monoisotopic (exact) mass is 357 g/mol.